The van der Waals surface area contributed by atoms with Gasteiger partial charge in [-0.3, -0.25) is 0 Å². The van der Waals surface area contributed by atoms with Crippen molar-refractivity contribution in [2.24, 2.45) is 0 Å². The first-order chi connectivity index (χ1) is 9.58. The van der Waals surface area contributed by atoms with E-state index in [1.54, 1.807) is 11.3 Å². The number of halogens is 1. The third kappa shape index (κ3) is 4.33. The maximum atomic E-state index is 5.77. The lowest BCUT2D eigenvalue weighted by atomic mass is 10.0. The average Bonchev–Trinajstić information content (AvgIpc) is 2.81. The summed E-state index contributed by atoms with van der Waals surface area (Å²) in [5, 5.41) is 5.52. The second kappa shape index (κ2) is 7.25. The zero-order chi connectivity index (χ0) is 14.5. The van der Waals surface area contributed by atoms with Crippen LogP contribution in [0, 0.1) is 0 Å². The van der Waals surface area contributed by atoms with Gasteiger partial charge in [0.15, 0.2) is 0 Å². The van der Waals surface area contributed by atoms with Crippen molar-refractivity contribution in [3.05, 3.63) is 50.6 Å². The van der Waals surface area contributed by atoms with Crippen molar-refractivity contribution in [3.63, 3.8) is 0 Å². The molecule has 4 heteroatoms. The minimum Gasteiger partial charge on any atom is -0.491 e. The topological polar surface area (TPSA) is 21.3 Å². The monoisotopic (exact) mass is 353 g/mol. The number of ether oxygens (including phenoxy) is 1. The molecule has 0 fully saturated rings. The van der Waals surface area contributed by atoms with Gasteiger partial charge in [-0.15, -0.1) is 11.3 Å². The molecule has 2 nitrogen and oxygen atoms in total. The van der Waals surface area contributed by atoms with E-state index in [1.807, 2.05) is 27.0 Å². The van der Waals surface area contributed by atoms with Gasteiger partial charge in [-0.05, 0) is 60.6 Å². The van der Waals surface area contributed by atoms with Crippen molar-refractivity contribution in [2.45, 2.75) is 32.4 Å². The van der Waals surface area contributed by atoms with Gasteiger partial charge >= 0.3 is 0 Å². The van der Waals surface area contributed by atoms with Crippen LogP contribution in [-0.2, 0) is 6.42 Å². The lowest BCUT2D eigenvalue weighted by molar-refractivity contribution is 0.242. The van der Waals surface area contributed by atoms with Gasteiger partial charge in [0.2, 0.25) is 0 Å². The van der Waals surface area contributed by atoms with E-state index in [0.717, 1.165) is 16.6 Å². The largest absolute Gasteiger partial charge is 0.491 e. The Balaban J connectivity index is 2.14. The molecule has 0 bridgehead atoms. The normalized spacial score (nSPS) is 12.7. The first-order valence-corrected chi connectivity index (χ1v) is 8.42. The van der Waals surface area contributed by atoms with Crippen LogP contribution >= 0.6 is 27.3 Å². The van der Waals surface area contributed by atoms with Gasteiger partial charge in [-0.25, -0.2) is 0 Å². The van der Waals surface area contributed by atoms with Crippen molar-refractivity contribution >= 4 is 27.3 Å². The van der Waals surface area contributed by atoms with Crippen LogP contribution in [0.25, 0.3) is 0 Å². The smallest absolute Gasteiger partial charge is 0.120 e. The van der Waals surface area contributed by atoms with Crippen LogP contribution in [0.3, 0.4) is 0 Å². The van der Waals surface area contributed by atoms with Gasteiger partial charge in [0.25, 0.3) is 0 Å². The Morgan fingerprint density at radius 2 is 2.10 bits per heavy atom. The highest BCUT2D eigenvalue weighted by Gasteiger charge is 2.12. The first kappa shape index (κ1) is 15.5. The quantitative estimate of drug-likeness (QED) is 0.805. The number of hydrogen-bond donors (Lipinski definition) is 1. The van der Waals surface area contributed by atoms with E-state index in [9.17, 15) is 0 Å². The molecule has 0 saturated heterocycles. The molecule has 0 spiro atoms. The van der Waals surface area contributed by atoms with Crippen LogP contribution < -0.4 is 10.1 Å². The molecular weight excluding hydrogens is 334 g/mol. The molecule has 0 aliphatic heterocycles. The number of benzene rings is 1. The highest BCUT2D eigenvalue weighted by Crippen LogP contribution is 2.27. The predicted molar refractivity (Wildman–Crippen MR) is 89.7 cm³/mol. The van der Waals surface area contributed by atoms with Crippen LogP contribution in [0.5, 0.6) is 5.75 Å². The minimum absolute atomic E-state index is 0.200. The second-order valence-electron chi connectivity index (χ2n) is 5.02. The molecule has 1 atom stereocenters. The maximum absolute atomic E-state index is 5.77. The summed E-state index contributed by atoms with van der Waals surface area (Å²) >= 11 is 5.29. The van der Waals surface area contributed by atoms with E-state index in [-0.39, 0.29) is 6.10 Å². The molecule has 0 aliphatic rings. The Hall–Kier alpha value is -0.840. The van der Waals surface area contributed by atoms with E-state index < -0.39 is 0 Å². The Morgan fingerprint density at radius 3 is 2.70 bits per heavy atom. The SMILES string of the molecule is CNC(Cc1cc(Br)cs1)c1cccc(OC(C)C)c1. The summed E-state index contributed by atoms with van der Waals surface area (Å²) < 4.78 is 6.93. The van der Waals surface area contributed by atoms with Crippen molar-refractivity contribution in [1.82, 2.24) is 5.32 Å². The van der Waals surface area contributed by atoms with Gasteiger partial charge in [0, 0.05) is 27.2 Å². The summed E-state index contributed by atoms with van der Waals surface area (Å²) in [6, 6.07) is 10.8. The highest BCUT2D eigenvalue weighted by molar-refractivity contribution is 9.10. The van der Waals surface area contributed by atoms with Crippen LogP contribution in [0.2, 0.25) is 0 Å². The van der Waals surface area contributed by atoms with Gasteiger partial charge in [-0.1, -0.05) is 12.1 Å². The first-order valence-electron chi connectivity index (χ1n) is 6.75. The lowest BCUT2D eigenvalue weighted by Gasteiger charge is -2.18. The Kier molecular flexibility index (Phi) is 5.64. The van der Waals surface area contributed by atoms with Crippen molar-refractivity contribution in [3.8, 4) is 5.75 Å². The molecule has 1 unspecified atom stereocenters. The Labute approximate surface area is 133 Å². The number of nitrogens with one attached hydrogen (secondary N) is 1. The third-order valence-corrected chi connectivity index (χ3v) is 4.73. The van der Waals surface area contributed by atoms with E-state index in [2.05, 4.69) is 50.9 Å². The molecular formula is C16H20BrNOS. The number of hydrogen-bond acceptors (Lipinski definition) is 3. The fraction of sp³-hybridized carbons (Fsp3) is 0.375. The van der Waals surface area contributed by atoms with Crippen molar-refractivity contribution in [2.75, 3.05) is 7.05 Å². The van der Waals surface area contributed by atoms with Gasteiger partial charge in [0.1, 0.15) is 5.75 Å². The number of likely N-dealkylation sites (N-methyl/N-ethyl adjacent to an activating group) is 1. The highest BCUT2D eigenvalue weighted by atomic mass is 79.9. The molecule has 2 rings (SSSR count). The molecule has 2 aromatic rings. The molecule has 1 aromatic heterocycles. The Bertz CT molecular complexity index is 553. The molecule has 108 valence electrons. The van der Waals surface area contributed by atoms with E-state index in [4.69, 9.17) is 4.74 Å². The zero-order valence-electron chi connectivity index (χ0n) is 12.0. The molecule has 1 aromatic carbocycles. The second-order valence-corrected chi connectivity index (χ2v) is 6.93. The summed E-state index contributed by atoms with van der Waals surface area (Å²) in [5.41, 5.74) is 1.26. The van der Waals surface area contributed by atoms with Crippen molar-refractivity contribution in [1.29, 1.82) is 0 Å². The van der Waals surface area contributed by atoms with Crippen LogP contribution in [0.15, 0.2) is 40.2 Å². The average molecular weight is 354 g/mol. The van der Waals surface area contributed by atoms with Crippen LogP contribution in [0.1, 0.15) is 30.3 Å². The summed E-state index contributed by atoms with van der Waals surface area (Å²) in [4.78, 5) is 1.37. The number of rotatable bonds is 6. The van der Waals surface area contributed by atoms with E-state index in [0.29, 0.717) is 6.04 Å². The molecule has 0 saturated carbocycles. The molecule has 1 heterocycles. The standard InChI is InChI=1S/C16H20BrNOS/c1-11(2)19-14-6-4-5-12(7-14)16(18-3)9-15-8-13(17)10-20-15/h4-8,10-11,16,18H,9H2,1-3H3. The summed E-state index contributed by atoms with van der Waals surface area (Å²) in [6.45, 7) is 4.09. The van der Waals surface area contributed by atoms with Crippen molar-refractivity contribution < 1.29 is 4.74 Å². The lowest BCUT2D eigenvalue weighted by Crippen LogP contribution is -2.18. The van der Waals surface area contributed by atoms with Gasteiger partial charge < -0.3 is 10.1 Å². The van der Waals surface area contributed by atoms with Crippen LogP contribution in [-0.4, -0.2) is 13.2 Å². The summed E-state index contributed by atoms with van der Waals surface area (Å²) in [7, 11) is 2.00. The van der Waals surface area contributed by atoms with E-state index >= 15 is 0 Å². The fourth-order valence-corrected chi connectivity index (χ4v) is 3.62. The van der Waals surface area contributed by atoms with Crippen LogP contribution in [0.4, 0.5) is 0 Å². The summed E-state index contributed by atoms with van der Waals surface area (Å²) in [6.07, 6.45) is 1.18. The number of thiophene rings is 1. The van der Waals surface area contributed by atoms with Gasteiger partial charge in [0.05, 0.1) is 6.10 Å². The molecule has 1 N–H and O–H groups in total. The minimum atomic E-state index is 0.200. The third-order valence-electron chi connectivity index (χ3n) is 3.01. The fourth-order valence-electron chi connectivity index (χ4n) is 2.13. The zero-order valence-corrected chi connectivity index (χ0v) is 14.4. The summed E-state index contributed by atoms with van der Waals surface area (Å²) in [5.74, 6) is 0.935. The molecule has 0 radical (unpaired) electrons. The molecule has 0 amide bonds. The predicted octanol–water partition coefficient (Wildman–Crippen LogP) is 4.80. The van der Waals surface area contributed by atoms with E-state index in [1.165, 1.54) is 10.4 Å². The molecule has 0 aliphatic carbocycles. The van der Waals surface area contributed by atoms with Gasteiger partial charge in [-0.2, -0.15) is 0 Å². The molecule has 20 heavy (non-hydrogen) atoms. The maximum Gasteiger partial charge on any atom is 0.120 e. The Morgan fingerprint density at radius 1 is 1.30 bits per heavy atom.